The van der Waals surface area contributed by atoms with Crippen LogP contribution < -0.4 is 5.32 Å². The van der Waals surface area contributed by atoms with Gasteiger partial charge in [0, 0.05) is 29.1 Å². The molecule has 1 atom stereocenters. The van der Waals surface area contributed by atoms with Crippen LogP contribution in [0.4, 0.5) is 0 Å². The molecule has 2 aromatic carbocycles. The van der Waals surface area contributed by atoms with Crippen molar-refractivity contribution in [1.29, 1.82) is 0 Å². The molecule has 3 aromatic rings. The number of ether oxygens (including phenoxy) is 1. The summed E-state index contributed by atoms with van der Waals surface area (Å²) in [6, 6.07) is 18.0. The zero-order valence-corrected chi connectivity index (χ0v) is 12.0. The van der Waals surface area contributed by atoms with Gasteiger partial charge in [0.25, 0.3) is 0 Å². The first kappa shape index (κ1) is 13.1. The van der Waals surface area contributed by atoms with Crippen molar-refractivity contribution in [1.82, 2.24) is 10.3 Å². The second-order valence-electron chi connectivity index (χ2n) is 5.56. The maximum atomic E-state index is 11.7. The number of esters is 1. The van der Waals surface area contributed by atoms with E-state index in [0.29, 0.717) is 6.42 Å². The highest BCUT2D eigenvalue weighted by Crippen LogP contribution is 2.33. The fourth-order valence-corrected chi connectivity index (χ4v) is 3.10. The molecule has 0 amide bonds. The SMILES string of the molecule is O=C1CNC(Cc2c[nH]c3ccccc23)(c2ccccc2)O1. The molecule has 2 heterocycles. The van der Waals surface area contributed by atoms with E-state index in [0.717, 1.165) is 22.0 Å². The van der Waals surface area contributed by atoms with Gasteiger partial charge in [0.2, 0.25) is 0 Å². The van der Waals surface area contributed by atoms with E-state index in [2.05, 4.69) is 16.4 Å². The largest absolute Gasteiger partial charge is 0.438 e. The first-order chi connectivity index (χ1) is 10.8. The van der Waals surface area contributed by atoms with Gasteiger partial charge >= 0.3 is 5.97 Å². The molecule has 4 heteroatoms. The lowest BCUT2D eigenvalue weighted by Gasteiger charge is -2.28. The van der Waals surface area contributed by atoms with Gasteiger partial charge in [0.05, 0.1) is 6.54 Å². The molecule has 0 radical (unpaired) electrons. The molecule has 110 valence electrons. The van der Waals surface area contributed by atoms with Gasteiger partial charge in [0.1, 0.15) is 0 Å². The molecule has 4 rings (SSSR count). The van der Waals surface area contributed by atoms with Gasteiger partial charge < -0.3 is 9.72 Å². The van der Waals surface area contributed by atoms with Crippen molar-refractivity contribution >= 4 is 16.9 Å². The van der Waals surface area contributed by atoms with Gasteiger partial charge in [-0.2, -0.15) is 0 Å². The Balaban J connectivity index is 1.78. The van der Waals surface area contributed by atoms with E-state index in [1.807, 2.05) is 54.7 Å². The molecule has 4 nitrogen and oxygen atoms in total. The Kier molecular flexibility index (Phi) is 2.98. The predicted molar refractivity (Wildman–Crippen MR) is 84.2 cm³/mol. The van der Waals surface area contributed by atoms with Gasteiger partial charge in [-0.15, -0.1) is 0 Å². The lowest BCUT2D eigenvalue weighted by Crippen LogP contribution is -2.40. The summed E-state index contributed by atoms with van der Waals surface area (Å²) in [6.07, 6.45) is 2.58. The van der Waals surface area contributed by atoms with Crippen molar-refractivity contribution in [3.63, 3.8) is 0 Å². The standard InChI is InChI=1S/C18H16N2O2/c21-17-12-20-18(22-17,14-6-2-1-3-7-14)10-13-11-19-16-9-5-4-8-15(13)16/h1-9,11,19-20H,10,12H2. The molecular weight excluding hydrogens is 276 g/mol. The van der Waals surface area contributed by atoms with E-state index < -0.39 is 5.72 Å². The van der Waals surface area contributed by atoms with E-state index in [9.17, 15) is 4.79 Å². The Labute approximate surface area is 128 Å². The molecule has 0 spiro atoms. The third kappa shape index (κ3) is 2.09. The number of para-hydroxylation sites is 1. The van der Waals surface area contributed by atoms with Crippen LogP contribution in [0.5, 0.6) is 0 Å². The molecule has 1 saturated heterocycles. The van der Waals surface area contributed by atoms with E-state index in [1.165, 1.54) is 0 Å². The second kappa shape index (κ2) is 5.00. The number of H-pyrrole nitrogens is 1. The van der Waals surface area contributed by atoms with Gasteiger partial charge in [-0.05, 0) is 11.6 Å². The quantitative estimate of drug-likeness (QED) is 0.730. The topological polar surface area (TPSA) is 54.1 Å². The maximum absolute atomic E-state index is 11.7. The lowest BCUT2D eigenvalue weighted by atomic mass is 9.95. The number of hydrogen-bond acceptors (Lipinski definition) is 3. The van der Waals surface area contributed by atoms with Gasteiger partial charge in [-0.25, -0.2) is 0 Å². The summed E-state index contributed by atoms with van der Waals surface area (Å²) < 4.78 is 5.69. The molecule has 22 heavy (non-hydrogen) atoms. The third-order valence-corrected chi connectivity index (χ3v) is 4.16. The van der Waals surface area contributed by atoms with Gasteiger partial charge in [0.15, 0.2) is 5.72 Å². The van der Waals surface area contributed by atoms with Crippen LogP contribution in [0.3, 0.4) is 0 Å². The molecule has 1 aliphatic rings. The number of fused-ring (bicyclic) bond motifs is 1. The molecule has 0 aliphatic carbocycles. The number of cyclic esters (lactones) is 1. The Bertz CT molecular complexity index is 825. The summed E-state index contributed by atoms with van der Waals surface area (Å²) in [6.45, 7) is 0.233. The van der Waals surface area contributed by atoms with Crippen molar-refractivity contribution in [2.24, 2.45) is 0 Å². The van der Waals surface area contributed by atoms with Gasteiger partial charge in [-0.3, -0.25) is 10.1 Å². The number of hydrogen-bond donors (Lipinski definition) is 2. The average Bonchev–Trinajstić information content (AvgIpc) is 3.14. The predicted octanol–water partition coefficient (Wildman–Crippen LogP) is 2.71. The van der Waals surface area contributed by atoms with Crippen LogP contribution in [0.1, 0.15) is 11.1 Å². The zero-order valence-electron chi connectivity index (χ0n) is 12.0. The van der Waals surface area contributed by atoms with E-state index in [1.54, 1.807) is 0 Å². The monoisotopic (exact) mass is 292 g/mol. The number of rotatable bonds is 3. The molecule has 1 fully saturated rings. The van der Waals surface area contributed by atoms with E-state index in [-0.39, 0.29) is 12.5 Å². The van der Waals surface area contributed by atoms with Crippen LogP contribution in [0.2, 0.25) is 0 Å². The van der Waals surface area contributed by atoms with Gasteiger partial charge in [-0.1, -0.05) is 48.5 Å². The molecule has 1 aliphatic heterocycles. The summed E-state index contributed by atoms with van der Waals surface area (Å²) in [5, 5.41) is 4.41. The van der Waals surface area contributed by atoms with Crippen LogP contribution >= 0.6 is 0 Å². The molecule has 2 N–H and O–H groups in total. The zero-order chi connectivity index (χ0) is 15.0. The minimum atomic E-state index is -0.788. The van der Waals surface area contributed by atoms with Crippen LogP contribution in [0.25, 0.3) is 10.9 Å². The average molecular weight is 292 g/mol. The van der Waals surface area contributed by atoms with Crippen molar-refractivity contribution in [3.8, 4) is 0 Å². The van der Waals surface area contributed by atoms with Crippen LogP contribution in [0.15, 0.2) is 60.8 Å². The summed E-state index contributed by atoms with van der Waals surface area (Å²) >= 11 is 0. The summed E-state index contributed by atoms with van der Waals surface area (Å²) in [5.74, 6) is -0.219. The smallest absolute Gasteiger partial charge is 0.322 e. The van der Waals surface area contributed by atoms with Crippen LogP contribution in [0, 0.1) is 0 Å². The number of nitrogens with one attached hydrogen (secondary N) is 2. The van der Waals surface area contributed by atoms with E-state index >= 15 is 0 Å². The lowest BCUT2D eigenvalue weighted by molar-refractivity contribution is -0.149. The molecule has 0 saturated carbocycles. The minimum Gasteiger partial charge on any atom is -0.438 e. The van der Waals surface area contributed by atoms with Crippen LogP contribution in [-0.4, -0.2) is 17.5 Å². The number of carbonyl (C=O) groups is 1. The fourth-order valence-electron chi connectivity index (χ4n) is 3.10. The Morgan fingerprint density at radius 3 is 2.59 bits per heavy atom. The maximum Gasteiger partial charge on any atom is 0.322 e. The van der Waals surface area contributed by atoms with Crippen molar-refractivity contribution in [2.45, 2.75) is 12.1 Å². The Hall–Kier alpha value is -2.59. The molecule has 1 aromatic heterocycles. The number of carbonyl (C=O) groups excluding carboxylic acids is 1. The number of aromatic amines is 1. The molecule has 1 unspecified atom stereocenters. The van der Waals surface area contributed by atoms with Crippen LogP contribution in [-0.2, 0) is 21.7 Å². The Morgan fingerprint density at radius 1 is 1.05 bits per heavy atom. The van der Waals surface area contributed by atoms with E-state index in [4.69, 9.17) is 4.74 Å². The highest BCUT2D eigenvalue weighted by atomic mass is 16.6. The highest BCUT2D eigenvalue weighted by Gasteiger charge is 2.42. The third-order valence-electron chi connectivity index (χ3n) is 4.16. The van der Waals surface area contributed by atoms with Crippen molar-refractivity contribution < 1.29 is 9.53 Å². The summed E-state index contributed by atoms with van der Waals surface area (Å²) in [4.78, 5) is 15.0. The first-order valence-electron chi connectivity index (χ1n) is 7.34. The summed E-state index contributed by atoms with van der Waals surface area (Å²) in [5.41, 5.74) is 2.39. The number of benzene rings is 2. The fraction of sp³-hybridized carbons (Fsp3) is 0.167. The summed E-state index contributed by atoms with van der Waals surface area (Å²) in [7, 11) is 0. The Morgan fingerprint density at radius 2 is 1.82 bits per heavy atom. The normalized spacial score (nSPS) is 21.2. The second-order valence-corrected chi connectivity index (χ2v) is 5.56. The highest BCUT2D eigenvalue weighted by molar-refractivity contribution is 5.83. The van der Waals surface area contributed by atoms with Crippen molar-refractivity contribution in [2.75, 3.05) is 6.54 Å². The molecule has 0 bridgehead atoms. The number of aromatic nitrogens is 1. The molecular formula is C18H16N2O2. The minimum absolute atomic E-state index is 0.219. The van der Waals surface area contributed by atoms with Crippen molar-refractivity contribution in [3.05, 3.63) is 71.9 Å². The first-order valence-corrected chi connectivity index (χ1v) is 7.34.